The van der Waals surface area contributed by atoms with Gasteiger partial charge in [0.2, 0.25) is 0 Å². The number of anilines is 1. The highest BCUT2D eigenvalue weighted by Crippen LogP contribution is 2.43. The van der Waals surface area contributed by atoms with Crippen molar-refractivity contribution in [2.75, 3.05) is 4.90 Å². The second-order valence-electron chi connectivity index (χ2n) is 7.99. The Kier molecular flexibility index (Phi) is 4.72. The van der Waals surface area contributed by atoms with Gasteiger partial charge in [0.25, 0.3) is 5.91 Å². The van der Waals surface area contributed by atoms with Crippen LogP contribution in [0.3, 0.4) is 0 Å². The molecule has 5 rings (SSSR count). The van der Waals surface area contributed by atoms with Gasteiger partial charge in [-0.25, -0.2) is 4.98 Å². The van der Waals surface area contributed by atoms with Gasteiger partial charge in [0.05, 0.1) is 23.5 Å². The maximum atomic E-state index is 13.5. The third-order valence-electron chi connectivity index (χ3n) is 5.87. The number of fused-ring (bicyclic) bond motifs is 2. The van der Waals surface area contributed by atoms with Crippen LogP contribution in [0.2, 0.25) is 0 Å². The molecule has 5 heteroatoms. The molecular formula is C25H21N3OS. The van der Waals surface area contributed by atoms with Crippen LogP contribution in [0.4, 0.5) is 5.69 Å². The topological polar surface area (TPSA) is 57.0 Å². The molecular weight excluding hydrogens is 390 g/mol. The van der Waals surface area contributed by atoms with Crippen LogP contribution in [0.5, 0.6) is 0 Å². The van der Waals surface area contributed by atoms with E-state index in [0.29, 0.717) is 28.6 Å². The Morgan fingerprint density at radius 2 is 1.97 bits per heavy atom. The van der Waals surface area contributed by atoms with Gasteiger partial charge in [-0.05, 0) is 36.8 Å². The van der Waals surface area contributed by atoms with Crippen molar-refractivity contribution in [3.63, 3.8) is 0 Å². The van der Waals surface area contributed by atoms with Gasteiger partial charge in [-0.3, -0.25) is 4.79 Å². The Hall–Kier alpha value is -3.23. The number of carbonyl (C=O) groups excluding carboxylic acids is 1. The predicted molar refractivity (Wildman–Crippen MR) is 120 cm³/mol. The molecule has 1 amide bonds. The zero-order valence-electron chi connectivity index (χ0n) is 16.8. The first-order chi connectivity index (χ1) is 14.7. The molecule has 1 aliphatic heterocycles. The van der Waals surface area contributed by atoms with Crippen molar-refractivity contribution < 1.29 is 4.79 Å². The van der Waals surface area contributed by atoms with Crippen LogP contribution in [0, 0.1) is 17.2 Å². The molecule has 1 unspecified atom stereocenters. The number of nitrogens with zero attached hydrogens (tertiary/aromatic N) is 3. The highest BCUT2D eigenvalue weighted by molar-refractivity contribution is 7.13. The average Bonchev–Trinajstić information content (AvgIpc) is 3.29. The van der Waals surface area contributed by atoms with Crippen molar-refractivity contribution in [1.82, 2.24) is 4.98 Å². The van der Waals surface area contributed by atoms with E-state index in [4.69, 9.17) is 4.98 Å². The number of hydrogen-bond acceptors (Lipinski definition) is 4. The van der Waals surface area contributed by atoms with Gasteiger partial charge in [0.1, 0.15) is 16.6 Å². The molecule has 1 aromatic heterocycles. The summed E-state index contributed by atoms with van der Waals surface area (Å²) in [4.78, 5) is 21.3. The zero-order chi connectivity index (χ0) is 20.7. The highest BCUT2D eigenvalue weighted by atomic mass is 32.1. The van der Waals surface area contributed by atoms with Crippen LogP contribution in [0.15, 0.2) is 54.6 Å². The second-order valence-corrected chi connectivity index (χ2v) is 9.08. The number of aromatic nitrogens is 1. The number of benzene rings is 2. The molecule has 0 saturated heterocycles. The number of thiazole rings is 1. The molecule has 2 heterocycles. The minimum atomic E-state index is -0.127. The third kappa shape index (κ3) is 3.14. The lowest BCUT2D eigenvalue weighted by atomic mass is 9.93. The van der Waals surface area contributed by atoms with Crippen LogP contribution >= 0.6 is 11.3 Å². The van der Waals surface area contributed by atoms with Crippen LogP contribution in [-0.2, 0) is 24.2 Å². The largest absolute Gasteiger partial charge is 0.303 e. The molecule has 2 aliphatic rings. The summed E-state index contributed by atoms with van der Waals surface area (Å²) in [5.74, 6) is 0.511. The Morgan fingerprint density at radius 3 is 2.77 bits per heavy atom. The molecule has 3 aromatic rings. The molecule has 0 N–H and O–H groups in total. The number of nitriles is 1. The zero-order valence-corrected chi connectivity index (χ0v) is 17.6. The lowest BCUT2D eigenvalue weighted by Crippen LogP contribution is -2.25. The molecule has 1 atom stereocenters. The van der Waals surface area contributed by atoms with E-state index in [9.17, 15) is 10.1 Å². The van der Waals surface area contributed by atoms with Gasteiger partial charge in [-0.2, -0.15) is 5.26 Å². The summed E-state index contributed by atoms with van der Waals surface area (Å²) in [6.07, 6.45) is 3.08. The molecule has 0 bridgehead atoms. The highest BCUT2D eigenvalue weighted by Gasteiger charge is 2.36. The maximum Gasteiger partial charge on any atom is 0.260 e. The first-order valence-electron chi connectivity index (χ1n) is 10.2. The van der Waals surface area contributed by atoms with E-state index in [-0.39, 0.29) is 5.91 Å². The first kappa shape index (κ1) is 18.8. The van der Waals surface area contributed by atoms with Crippen molar-refractivity contribution in [2.24, 2.45) is 5.92 Å². The normalized spacial score (nSPS) is 19.3. The summed E-state index contributed by atoms with van der Waals surface area (Å²) in [6.45, 7) is 2.73. The lowest BCUT2D eigenvalue weighted by Gasteiger charge is -2.17. The Morgan fingerprint density at radius 1 is 1.20 bits per heavy atom. The van der Waals surface area contributed by atoms with Gasteiger partial charge in [-0.1, -0.05) is 55.5 Å². The van der Waals surface area contributed by atoms with Crippen molar-refractivity contribution in [2.45, 2.75) is 32.7 Å². The molecule has 4 nitrogen and oxygen atoms in total. The van der Waals surface area contributed by atoms with Crippen molar-refractivity contribution in [3.05, 3.63) is 81.3 Å². The predicted octanol–water partition coefficient (Wildman–Crippen LogP) is 5.25. The van der Waals surface area contributed by atoms with E-state index in [1.165, 1.54) is 4.88 Å². The molecule has 1 aliphatic carbocycles. The minimum absolute atomic E-state index is 0.127. The number of allylic oxidation sites excluding steroid dienone is 1. The van der Waals surface area contributed by atoms with E-state index in [1.807, 2.05) is 54.6 Å². The SMILES string of the molecule is CC1CCc2nc(/C(C#N)=C3/C(=O)N(Cc4ccccc4)c4ccccc43)sc2C1. The number of carbonyl (C=O) groups is 1. The average molecular weight is 412 g/mol. The van der Waals surface area contributed by atoms with Gasteiger partial charge >= 0.3 is 0 Å². The number of rotatable bonds is 3. The lowest BCUT2D eigenvalue weighted by molar-refractivity contribution is -0.113. The van der Waals surface area contributed by atoms with Crippen molar-refractivity contribution >= 4 is 34.1 Å². The summed E-state index contributed by atoms with van der Waals surface area (Å²) >= 11 is 1.58. The molecule has 0 fully saturated rings. The maximum absolute atomic E-state index is 13.5. The molecule has 2 aromatic carbocycles. The number of amides is 1. The summed E-state index contributed by atoms with van der Waals surface area (Å²) < 4.78 is 0. The monoisotopic (exact) mass is 411 g/mol. The van der Waals surface area contributed by atoms with E-state index in [2.05, 4.69) is 13.0 Å². The van der Waals surface area contributed by atoms with Crippen LogP contribution in [-0.4, -0.2) is 10.9 Å². The van der Waals surface area contributed by atoms with Crippen LogP contribution in [0.1, 0.15) is 40.1 Å². The van der Waals surface area contributed by atoms with Crippen molar-refractivity contribution in [3.8, 4) is 6.07 Å². The van der Waals surface area contributed by atoms with Crippen molar-refractivity contribution in [1.29, 1.82) is 5.26 Å². The Balaban J connectivity index is 1.61. The fraction of sp³-hybridized carbons (Fsp3) is 0.240. The molecule has 30 heavy (non-hydrogen) atoms. The fourth-order valence-electron chi connectivity index (χ4n) is 4.30. The van der Waals surface area contributed by atoms with E-state index in [0.717, 1.165) is 41.8 Å². The molecule has 148 valence electrons. The number of para-hydroxylation sites is 1. The van der Waals surface area contributed by atoms with E-state index in [1.54, 1.807) is 16.2 Å². The van der Waals surface area contributed by atoms with Gasteiger partial charge < -0.3 is 4.90 Å². The Labute approximate surface area is 180 Å². The molecule has 0 radical (unpaired) electrons. The van der Waals surface area contributed by atoms with E-state index < -0.39 is 0 Å². The number of aryl methyl sites for hydroxylation is 1. The summed E-state index contributed by atoms with van der Waals surface area (Å²) in [5.41, 5.74) is 4.69. The number of hydrogen-bond donors (Lipinski definition) is 0. The van der Waals surface area contributed by atoms with Gasteiger partial charge in [0, 0.05) is 10.4 Å². The van der Waals surface area contributed by atoms with Gasteiger partial charge in [0.15, 0.2) is 0 Å². The molecule has 0 spiro atoms. The summed E-state index contributed by atoms with van der Waals surface area (Å²) in [6, 6.07) is 20.0. The summed E-state index contributed by atoms with van der Waals surface area (Å²) in [5, 5.41) is 10.7. The van der Waals surface area contributed by atoms with Crippen LogP contribution in [0.25, 0.3) is 11.1 Å². The smallest absolute Gasteiger partial charge is 0.260 e. The summed E-state index contributed by atoms with van der Waals surface area (Å²) in [7, 11) is 0. The van der Waals surface area contributed by atoms with Crippen LogP contribution < -0.4 is 4.90 Å². The first-order valence-corrected chi connectivity index (χ1v) is 11.1. The van der Waals surface area contributed by atoms with Gasteiger partial charge in [-0.15, -0.1) is 11.3 Å². The Bertz CT molecular complexity index is 1200. The van der Waals surface area contributed by atoms with E-state index >= 15 is 0 Å². The second kappa shape index (κ2) is 7.55. The quantitative estimate of drug-likeness (QED) is 0.437. The fourth-order valence-corrected chi connectivity index (χ4v) is 5.57. The third-order valence-corrected chi connectivity index (χ3v) is 7.01. The molecule has 0 saturated carbocycles. The standard InChI is InChI=1S/C25H21N3OS/c1-16-11-12-20-22(13-16)30-24(27-20)19(14-26)23-18-9-5-6-10-21(18)28(25(23)29)15-17-7-3-2-4-8-17/h2-10,16H,11-13,15H2,1H3/b23-19+. The minimum Gasteiger partial charge on any atom is -0.303 e.